The Kier molecular flexibility index (Phi) is 3.83. The molecule has 0 radical (unpaired) electrons. The number of hydrogen-bond acceptors (Lipinski definition) is 8. The van der Waals surface area contributed by atoms with E-state index in [1.807, 2.05) is 6.92 Å². The summed E-state index contributed by atoms with van der Waals surface area (Å²) in [5, 5.41) is 0. The van der Waals surface area contributed by atoms with Gasteiger partial charge in [-0.25, -0.2) is 4.98 Å². The molecule has 0 aliphatic carbocycles. The first-order valence-corrected chi connectivity index (χ1v) is 7.77. The zero-order valence-corrected chi connectivity index (χ0v) is 13.0. The lowest BCUT2D eigenvalue weighted by Crippen LogP contribution is -2.30. The third kappa shape index (κ3) is 2.57. The normalized spacial score (nSPS) is 24.7. The van der Waals surface area contributed by atoms with E-state index in [1.54, 1.807) is 0 Å². The van der Waals surface area contributed by atoms with Gasteiger partial charge in [-0.05, 0) is 6.42 Å². The second kappa shape index (κ2) is 5.65. The molecule has 2 N–H and O–H groups in total. The van der Waals surface area contributed by atoms with Crippen molar-refractivity contribution in [2.75, 3.05) is 5.73 Å². The molecule has 0 bridgehead atoms. The number of nitrogen functional groups attached to an aromatic ring is 1. The fourth-order valence-electron chi connectivity index (χ4n) is 2.60. The molecular formula is C13H16N4O4S. The van der Waals surface area contributed by atoms with Crippen LogP contribution in [0.1, 0.15) is 32.9 Å². The van der Waals surface area contributed by atoms with Gasteiger partial charge in [0.1, 0.15) is 6.10 Å². The highest BCUT2D eigenvalue weighted by Crippen LogP contribution is 2.34. The fourth-order valence-corrected chi connectivity index (χ4v) is 3.42. The van der Waals surface area contributed by atoms with Gasteiger partial charge in [0.2, 0.25) is 5.95 Å². The average molecular weight is 324 g/mol. The van der Waals surface area contributed by atoms with Crippen LogP contribution in [0.25, 0.3) is 10.3 Å². The zero-order valence-electron chi connectivity index (χ0n) is 12.2. The topological polar surface area (TPSA) is 109 Å². The van der Waals surface area contributed by atoms with Gasteiger partial charge in [0, 0.05) is 13.3 Å². The van der Waals surface area contributed by atoms with Crippen molar-refractivity contribution >= 4 is 33.6 Å². The number of anilines is 1. The average Bonchev–Trinajstić information content (AvgIpc) is 2.98. The van der Waals surface area contributed by atoms with Crippen molar-refractivity contribution in [3.8, 4) is 0 Å². The number of ether oxygens (including phenoxy) is 2. The molecule has 2 aromatic rings. The van der Waals surface area contributed by atoms with Crippen molar-refractivity contribution in [3.05, 3.63) is 15.9 Å². The third-order valence-corrected chi connectivity index (χ3v) is 4.43. The smallest absolute Gasteiger partial charge is 0.311 e. The van der Waals surface area contributed by atoms with E-state index in [0.29, 0.717) is 16.8 Å². The number of hydrogen-bond donors (Lipinski definition) is 1. The minimum absolute atomic E-state index is 0.0737. The summed E-state index contributed by atoms with van der Waals surface area (Å²) in [5.41, 5.74) is 6.01. The second-order valence-electron chi connectivity index (χ2n) is 5.09. The molecule has 1 fully saturated rings. The van der Waals surface area contributed by atoms with Crippen LogP contribution >= 0.6 is 11.3 Å². The van der Waals surface area contributed by atoms with Gasteiger partial charge in [0.05, 0.1) is 17.0 Å². The molecule has 118 valence electrons. The number of esters is 1. The molecule has 0 aromatic carbocycles. The van der Waals surface area contributed by atoms with Crippen LogP contribution < -0.4 is 10.6 Å². The number of thiazole rings is 1. The molecule has 0 spiro atoms. The third-order valence-electron chi connectivity index (χ3n) is 3.55. The number of nitrogens with two attached hydrogens (primary N) is 1. The molecule has 9 heteroatoms. The molecule has 1 aliphatic rings. The maximum Gasteiger partial charge on any atom is 0.311 e. The molecule has 3 rings (SSSR count). The number of aromatic nitrogens is 3. The van der Waals surface area contributed by atoms with Crippen LogP contribution in [-0.2, 0) is 14.3 Å². The van der Waals surface area contributed by atoms with Crippen LogP contribution in [0, 0.1) is 0 Å². The predicted molar refractivity (Wildman–Crippen MR) is 80.5 cm³/mol. The summed E-state index contributed by atoms with van der Waals surface area (Å²) >= 11 is 1.01. The highest BCUT2D eigenvalue weighted by atomic mass is 32.1. The predicted octanol–water partition coefficient (Wildman–Crippen LogP) is 1.06. The van der Waals surface area contributed by atoms with Crippen molar-refractivity contribution < 1.29 is 14.3 Å². The fraction of sp³-hybridized carbons (Fsp3) is 0.538. The summed E-state index contributed by atoms with van der Waals surface area (Å²) < 4.78 is 13.2. The van der Waals surface area contributed by atoms with E-state index in [2.05, 4.69) is 9.97 Å². The van der Waals surface area contributed by atoms with Gasteiger partial charge >= 0.3 is 10.8 Å². The van der Waals surface area contributed by atoms with E-state index in [9.17, 15) is 9.59 Å². The van der Waals surface area contributed by atoms with E-state index >= 15 is 0 Å². The Labute approximate surface area is 129 Å². The lowest BCUT2D eigenvalue weighted by Gasteiger charge is -2.19. The Balaban J connectivity index is 2.08. The Morgan fingerprint density at radius 1 is 1.64 bits per heavy atom. The second-order valence-corrected chi connectivity index (χ2v) is 6.09. The summed E-state index contributed by atoms with van der Waals surface area (Å²) in [4.78, 5) is 31.4. The highest BCUT2D eigenvalue weighted by molar-refractivity contribution is 7.16. The molecule has 1 saturated heterocycles. The van der Waals surface area contributed by atoms with E-state index in [4.69, 9.17) is 15.2 Å². The van der Waals surface area contributed by atoms with Crippen molar-refractivity contribution in [2.24, 2.45) is 0 Å². The molecule has 8 nitrogen and oxygen atoms in total. The van der Waals surface area contributed by atoms with Gasteiger partial charge in [-0.15, -0.1) is 0 Å². The molecule has 0 saturated carbocycles. The molecule has 1 unspecified atom stereocenters. The minimum atomic E-state index is -0.690. The zero-order chi connectivity index (χ0) is 15.9. The number of carbonyl (C=O) groups is 1. The highest BCUT2D eigenvalue weighted by Gasteiger charge is 2.39. The maximum absolute atomic E-state index is 12.3. The Morgan fingerprint density at radius 2 is 2.41 bits per heavy atom. The van der Waals surface area contributed by atoms with E-state index in [0.717, 1.165) is 17.8 Å². The quantitative estimate of drug-likeness (QED) is 0.841. The molecular weight excluding hydrogens is 308 g/mol. The SMILES string of the molecule is CC[C@@H]1C[C@@H](OC(C)=O)C(n2c(=O)sc3cnc(N)nc32)O1. The van der Waals surface area contributed by atoms with E-state index in [-0.39, 0.29) is 16.9 Å². The van der Waals surface area contributed by atoms with E-state index < -0.39 is 18.3 Å². The van der Waals surface area contributed by atoms with Crippen molar-refractivity contribution in [3.63, 3.8) is 0 Å². The monoisotopic (exact) mass is 324 g/mol. The maximum atomic E-state index is 12.3. The molecule has 3 atom stereocenters. The van der Waals surface area contributed by atoms with Gasteiger partial charge in [0.25, 0.3) is 0 Å². The van der Waals surface area contributed by atoms with Crippen molar-refractivity contribution in [1.82, 2.24) is 14.5 Å². The number of rotatable bonds is 3. The van der Waals surface area contributed by atoms with Crippen LogP contribution in [0.4, 0.5) is 5.95 Å². The molecule has 3 heterocycles. The molecule has 0 amide bonds. The summed E-state index contributed by atoms with van der Waals surface area (Å²) in [7, 11) is 0. The lowest BCUT2D eigenvalue weighted by molar-refractivity contribution is -0.152. The summed E-state index contributed by atoms with van der Waals surface area (Å²) in [6, 6.07) is 0. The van der Waals surface area contributed by atoms with Crippen LogP contribution in [0.15, 0.2) is 11.0 Å². The Morgan fingerprint density at radius 3 is 3.09 bits per heavy atom. The molecule has 2 aromatic heterocycles. The summed E-state index contributed by atoms with van der Waals surface area (Å²) in [5.74, 6) is -0.329. The Hall–Kier alpha value is -2.00. The Bertz CT molecular complexity index is 771. The van der Waals surface area contributed by atoms with Gasteiger partial charge in [-0.1, -0.05) is 18.3 Å². The first kappa shape index (κ1) is 14.9. The number of carbonyl (C=O) groups excluding carboxylic acids is 1. The van der Waals surface area contributed by atoms with Crippen molar-refractivity contribution in [2.45, 2.75) is 45.1 Å². The van der Waals surface area contributed by atoms with Gasteiger partial charge in [-0.2, -0.15) is 4.98 Å². The number of nitrogens with zero attached hydrogens (tertiary/aromatic N) is 3. The van der Waals surface area contributed by atoms with Crippen molar-refractivity contribution in [1.29, 1.82) is 0 Å². The standard InChI is InChI=1S/C13H16N4O4S/c1-3-7-4-8(20-6(2)18)11(21-7)17-10-9(22-13(17)19)5-15-12(14)16-10/h5,7-8,11H,3-4H2,1-2H3,(H2,14,15,16)/t7-,8-,11?/m1/s1. The largest absolute Gasteiger partial charge is 0.458 e. The lowest BCUT2D eigenvalue weighted by atomic mass is 10.1. The molecule has 1 aliphatic heterocycles. The van der Waals surface area contributed by atoms with Gasteiger partial charge in [-0.3, -0.25) is 14.2 Å². The van der Waals surface area contributed by atoms with Crippen LogP contribution in [0.2, 0.25) is 0 Å². The molecule has 22 heavy (non-hydrogen) atoms. The summed E-state index contributed by atoms with van der Waals surface area (Å²) in [6.45, 7) is 3.32. The first-order valence-electron chi connectivity index (χ1n) is 6.95. The minimum Gasteiger partial charge on any atom is -0.458 e. The van der Waals surface area contributed by atoms with E-state index in [1.165, 1.54) is 17.7 Å². The van der Waals surface area contributed by atoms with Gasteiger partial charge in [0.15, 0.2) is 11.9 Å². The summed E-state index contributed by atoms with van der Waals surface area (Å²) in [6.07, 6.45) is 1.54. The van der Waals surface area contributed by atoms with Gasteiger partial charge < -0.3 is 15.2 Å². The number of fused-ring (bicyclic) bond motifs is 1. The van der Waals surface area contributed by atoms with Crippen LogP contribution in [-0.4, -0.2) is 32.7 Å². The first-order chi connectivity index (χ1) is 10.5. The van der Waals surface area contributed by atoms with Crippen LogP contribution in [0.3, 0.4) is 0 Å². The van der Waals surface area contributed by atoms with Crippen LogP contribution in [0.5, 0.6) is 0 Å².